The molecule has 1 unspecified atom stereocenters. The summed E-state index contributed by atoms with van der Waals surface area (Å²) in [6.45, 7) is 5.94. The maximum Gasteiger partial charge on any atom is 0.417 e. The molecule has 0 saturated heterocycles. The van der Waals surface area contributed by atoms with E-state index in [0.717, 1.165) is 29.5 Å². The van der Waals surface area contributed by atoms with Gasteiger partial charge < -0.3 is 14.3 Å². The normalized spacial score (nSPS) is 12.8. The van der Waals surface area contributed by atoms with Gasteiger partial charge in [0.1, 0.15) is 5.76 Å². The lowest BCUT2D eigenvalue weighted by molar-refractivity contribution is -0.137. The fraction of sp³-hybridized carbons (Fsp3) is 0.316. The lowest BCUT2D eigenvalue weighted by atomic mass is 10.2. The number of anilines is 1. The molecule has 2 heterocycles. The van der Waals surface area contributed by atoms with Crippen molar-refractivity contribution >= 4 is 35.0 Å². The molecule has 3 aromatic rings. The summed E-state index contributed by atoms with van der Waals surface area (Å²) in [5.41, 5.74) is -0.196. The molecule has 0 radical (unpaired) electrons. The molecule has 0 saturated carbocycles. The van der Waals surface area contributed by atoms with Crippen molar-refractivity contribution in [1.82, 2.24) is 14.8 Å². The number of thioether (sulfide) groups is 1. The Morgan fingerprint density at radius 3 is 2.67 bits per heavy atom. The number of halogens is 4. The van der Waals surface area contributed by atoms with Crippen LogP contribution in [0.1, 0.15) is 25.2 Å². The average Bonchev–Trinajstić information content (AvgIpc) is 3.27. The van der Waals surface area contributed by atoms with E-state index in [1.807, 2.05) is 18.4 Å². The second kappa shape index (κ2) is 8.73. The smallest absolute Gasteiger partial charge is 0.417 e. The van der Waals surface area contributed by atoms with Gasteiger partial charge in [0.2, 0.25) is 5.91 Å². The number of nitrogens with one attached hydrogen (secondary N) is 1. The van der Waals surface area contributed by atoms with Crippen LogP contribution in [0.3, 0.4) is 0 Å². The molecule has 1 amide bonds. The molecule has 0 fully saturated rings. The van der Waals surface area contributed by atoms with Crippen LogP contribution < -0.4 is 5.32 Å². The summed E-state index contributed by atoms with van der Waals surface area (Å²) in [5.74, 6) is 0.844. The Morgan fingerprint density at radius 1 is 1.33 bits per heavy atom. The molecule has 1 N–H and O–H groups in total. The third-order valence-electron chi connectivity index (χ3n) is 4.32. The third-order valence-corrected chi connectivity index (χ3v) is 5.73. The highest BCUT2D eigenvalue weighted by molar-refractivity contribution is 8.00. The number of hydrogen-bond donors (Lipinski definition) is 1. The maximum absolute atomic E-state index is 13.0. The second-order valence-electron chi connectivity index (χ2n) is 6.38. The van der Waals surface area contributed by atoms with Crippen LogP contribution in [0.4, 0.5) is 18.9 Å². The third kappa shape index (κ3) is 4.65. The van der Waals surface area contributed by atoms with Crippen LogP contribution in [0.25, 0.3) is 11.4 Å². The highest BCUT2D eigenvalue weighted by Gasteiger charge is 2.33. The van der Waals surface area contributed by atoms with Crippen LogP contribution in [-0.4, -0.2) is 25.9 Å². The minimum absolute atomic E-state index is 0.0100. The summed E-state index contributed by atoms with van der Waals surface area (Å²) in [5, 5.41) is 10.3. The topological polar surface area (TPSA) is 73.0 Å². The summed E-state index contributed by atoms with van der Waals surface area (Å²) >= 11 is 6.77. The molecule has 0 bridgehead atoms. The molecular weight excluding hydrogens is 441 g/mol. The number of benzene rings is 1. The van der Waals surface area contributed by atoms with E-state index in [0.29, 0.717) is 23.3 Å². The van der Waals surface area contributed by atoms with E-state index in [4.69, 9.17) is 16.0 Å². The number of hydrogen-bond acceptors (Lipinski definition) is 5. The molecule has 0 aliphatic rings. The second-order valence-corrected chi connectivity index (χ2v) is 8.10. The number of rotatable bonds is 6. The first-order valence-electron chi connectivity index (χ1n) is 8.93. The SMILES string of the molecule is CCn1c(SC(C)C(=O)Nc2ccc(Cl)c(C(F)(F)F)c2)nnc1-c1ccoc1C. The fourth-order valence-corrected chi connectivity index (χ4v) is 3.89. The standard InChI is InChI=1S/C19H18ClF3N4O2S/c1-4-27-16(13-7-8-29-10(13)2)25-26-18(27)30-11(3)17(28)24-12-5-6-15(20)14(9-12)19(21,22)23/h5-9,11H,4H2,1-3H3,(H,24,28). The summed E-state index contributed by atoms with van der Waals surface area (Å²) in [4.78, 5) is 12.5. The predicted molar refractivity (Wildman–Crippen MR) is 109 cm³/mol. The van der Waals surface area contributed by atoms with Gasteiger partial charge in [-0.2, -0.15) is 13.2 Å². The minimum Gasteiger partial charge on any atom is -0.469 e. The lowest BCUT2D eigenvalue weighted by Crippen LogP contribution is -2.23. The Morgan fingerprint density at radius 2 is 2.07 bits per heavy atom. The number of alkyl halides is 3. The van der Waals surface area contributed by atoms with Crippen LogP contribution in [0.15, 0.2) is 40.1 Å². The molecule has 1 aromatic carbocycles. The summed E-state index contributed by atoms with van der Waals surface area (Å²) in [7, 11) is 0. The van der Waals surface area contributed by atoms with E-state index >= 15 is 0 Å². The van der Waals surface area contributed by atoms with E-state index in [-0.39, 0.29) is 5.69 Å². The van der Waals surface area contributed by atoms with Crippen LogP contribution in [0, 0.1) is 6.92 Å². The Labute approximate surface area is 179 Å². The summed E-state index contributed by atoms with van der Waals surface area (Å²) in [6.07, 6.45) is -3.05. The van der Waals surface area contributed by atoms with Gasteiger partial charge in [0.25, 0.3) is 0 Å². The van der Waals surface area contributed by atoms with E-state index in [1.165, 1.54) is 6.07 Å². The van der Waals surface area contributed by atoms with Gasteiger partial charge in [-0.3, -0.25) is 4.79 Å². The quantitative estimate of drug-likeness (QED) is 0.482. The number of furan rings is 1. The van der Waals surface area contributed by atoms with Gasteiger partial charge in [-0.15, -0.1) is 10.2 Å². The van der Waals surface area contributed by atoms with Crippen molar-refractivity contribution in [1.29, 1.82) is 0 Å². The van der Waals surface area contributed by atoms with Gasteiger partial charge in [0.15, 0.2) is 11.0 Å². The van der Waals surface area contributed by atoms with Crippen molar-refractivity contribution in [2.24, 2.45) is 0 Å². The lowest BCUT2D eigenvalue weighted by Gasteiger charge is -2.14. The number of carbonyl (C=O) groups is 1. The van der Waals surface area contributed by atoms with E-state index in [1.54, 1.807) is 19.3 Å². The molecule has 30 heavy (non-hydrogen) atoms. The Kier molecular flexibility index (Phi) is 6.47. The Balaban J connectivity index is 1.76. The molecule has 0 spiro atoms. The van der Waals surface area contributed by atoms with Crippen molar-refractivity contribution in [2.45, 2.75) is 43.9 Å². The zero-order chi connectivity index (χ0) is 22.1. The van der Waals surface area contributed by atoms with Crippen LogP contribution in [0.2, 0.25) is 5.02 Å². The van der Waals surface area contributed by atoms with Gasteiger partial charge >= 0.3 is 6.18 Å². The van der Waals surface area contributed by atoms with Crippen molar-refractivity contribution in [3.8, 4) is 11.4 Å². The monoisotopic (exact) mass is 458 g/mol. The first kappa shape index (κ1) is 22.2. The van der Waals surface area contributed by atoms with Crippen LogP contribution in [-0.2, 0) is 17.5 Å². The fourth-order valence-electron chi connectivity index (χ4n) is 2.75. The largest absolute Gasteiger partial charge is 0.469 e. The van der Waals surface area contributed by atoms with Crippen LogP contribution >= 0.6 is 23.4 Å². The number of nitrogens with zero attached hydrogens (tertiary/aromatic N) is 3. The molecular formula is C19H18ClF3N4O2S. The van der Waals surface area contributed by atoms with Crippen molar-refractivity contribution in [3.05, 3.63) is 46.9 Å². The molecule has 6 nitrogen and oxygen atoms in total. The zero-order valence-electron chi connectivity index (χ0n) is 16.2. The summed E-state index contributed by atoms with van der Waals surface area (Å²) in [6, 6.07) is 5.02. The van der Waals surface area contributed by atoms with E-state index in [2.05, 4.69) is 15.5 Å². The first-order valence-corrected chi connectivity index (χ1v) is 10.2. The van der Waals surface area contributed by atoms with E-state index in [9.17, 15) is 18.0 Å². The van der Waals surface area contributed by atoms with Gasteiger partial charge in [0, 0.05) is 12.2 Å². The molecule has 3 rings (SSSR count). The van der Waals surface area contributed by atoms with Gasteiger partial charge in [0.05, 0.1) is 27.7 Å². The molecule has 0 aliphatic heterocycles. The van der Waals surface area contributed by atoms with Crippen molar-refractivity contribution in [2.75, 3.05) is 5.32 Å². The average molecular weight is 459 g/mol. The van der Waals surface area contributed by atoms with Crippen LogP contribution in [0.5, 0.6) is 0 Å². The zero-order valence-corrected chi connectivity index (χ0v) is 17.8. The minimum atomic E-state index is -4.61. The molecule has 1 atom stereocenters. The first-order chi connectivity index (χ1) is 14.1. The Hall–Kier alpha value is -2.46. The summed E-state index contributed by atoms with van der Waals surface area (Å²) < 4.78 is 46.2. The molecule has 0 aliphatic carbocycles. The highest BCUT2D eigenvalue weighted by Crippen LogP contribution is 2.36. The van der Waals surface area contributed by atoms with E-state index < -0.39 is 27.9 Å². The van der Waals surface area contributed by atoms with Crippen molar-refractivity contribution < 1.29 is 22.4 Å². The maximum atomic E-state index is 13.0. The van der Waals surface area contributed by atoms with Gasteiger partial charge in [-0.05, 0) is 45.0 Å². The Bertz CT molecular complexity index is 1060. The molecule has 2 aromatic heterocycles. The number of aromatic nitrogens is 3. The number of amides is 1. The van der Waals surface area contributed by atoms with Gasteiger partial charge in [-0.1, -0.05) is 23.4 Å². The molecule has 160 valence electrons. The predicted octanol–water partition coefficient (Wildman–Crippen LogP) is 5.66. The van der Waals surface area contributed by atoms with Crippen molar-refractivity contribution in [3.63, 3.8) is 0 Å². The highest BCUT2D eigenvalue weighted by atomic mass is 35.5. The number of aryl methyl sites for hydroxylation is 1. The number of carbonyl (C=O) groups excluding carboxylic acids is 1. The molecule has 11 heteroatoms. The van der Waals surface area contributed by atoms with Gasteiger partial charge in [-0.25, -0.2) is 0 Å².